The fourth-order valence-electron chi connectivity index (χ4n) is 1.26. The van der Waals surface area contributed by atoms with Crippen LogP contribution in [0, 0.1) is 5.41 Å². The highest BCUT2D eigenvalue weighted by atomic mass is 16.5. The third-order valence-electron chi connectivity index (χ3n) is 1.98. The standard InChI is InChI=1S/C9H17NO2/c1-9(2,3)8(11)7-6-12-5-4-10-7/h7,10H,4-6H2,1-3H3/t7-/m1/s1. The molecule has 0 amide bonds. The summed E-state index contributed by atoms with van der Waals surface area (Å²) in [6, 6.07) is -0.0984. The van der Waals surface area contributed by atoms with Gasteiger partial charge in [0.05, 0.1) is 19.3 Å². The van der Waals surface area contributed by atoms with Crippen molar-refractivity contribution in [3.05, 3.63) is 0 Å². The predicted octanol–water partition coefficient (Wildman–Crippen LogP) is 0.590. The summed E-state index contributed by atoms with van der Waals surface area (Å²) in [4.78, 5) is 11.7. The molecule has 0 saturated carbocycles. The van der Waals surface area contributed by atoms with Crippen LogP contribution in [0.3, 0.4) is 0 Å². The van der Waals surface area contributed by atoms with E-state index in [2.05, 4.69) is 5.32 Å². The molecule has 3 nitrogen and oxygen atoms in total. The molecule has 1 aliphatic rings. The molecule has 0 aliphatic carbocycles. The molecule has 12 heavy (non-hydrogen) atoms. The first kappa shape index (κ1) is 9.68. The Morgan fingerprint density at radius 1 is 1.50 bits per heavy atom. The molecule has 1 fully saturated rings. The SMILES string of the molecule is CC(C)(C)C(=O)[C@H]1COCCN1. The zero-order chi connectivity index (χ0) is 9.19. The second kappa shape index (κ2) is 3.54. The number of ketones is 1. The van der Waals surface area contributed by atoms with Crippen molar-refractivity contribution in [2.24, 2.45) is 5.41 Å². The average molecular weight is 171 g/mol. The van der Waals surface area contributed by atoms with Crippen molar-refractivity contribution in [1.82, 2.24) is 5.32 Å². The van der Waals surface area contributed by atoms with Crippen molar-refractivity contribution < 1.29 is 9.53 Å². The third kappa shape index (κ3) is 2.29. The lowest BCUT2D eigenvalue weighted by atomic mass is 9.86. The first-order valence-corrected chi connectivity index (χ1v) is 4.37. The summed E-state index contributed by atoms with van der Waals surface area (Å²) >= 11 is 0. The van der Waals surface area contributed by atoms with Crippen LogP contribution in [0.5, 0.6) is 0 Å². The van der Waals surface area contributed by atoms with Crippen molar-refractivity contribution in [1.29, 1.82) is 0 Å². The number of ether oxygens (including phenoxy) is 1. The van der Waals surface area contributed by atoms with Crippen LogP contribution >= 0.6 is 0 Å². The highest BCUT2D eigenvalue weighted by molar-refractivity contribution is 5.88. The van der Waals surface area contributed by atoms with Gasteiger partial charge in [-0.2, -0.15) is 0 Å². The minimum Gasteiger partial charge on any atom is -0.378 e. The molecule has 3 heteroatoms. The molecule has 0 aromatic rings. The van der Waals surface area contributed by atoms with Crippen molar-refractivity contribution in [3.8, 4) is 0 Å². The Balaban J connectivity index is 2.51. The number of carbonyl (C=O) groups is 1. The fourth-order valence-corrected chi connectivity index (χ4v) is 1.26. The van der Waals surface area contributed by atoms with Crippen molar-refractivity contribution in [2.45, 2.75) is 26.8 Å². The van der Waals surface area contributed by atoms with E-state index < -0.39 is 0 Å². The van der Waals surface area contributed by atoms with Gasteiger partial charge in [-0.3, -0.25) is 4.79 Å². The second-order valence-corrected chi connectivity index (χ2v) is 4.20. The fraction of sp³-hybridized carbons (Fsp3) is 0.889. The van der Waals surface area contributed by atoms with Gasteiger partial charge < -0.3 is 10.1 Å². The number of nitrogens with one attached hydrogen (secondary N) is 1. The van der Waals surface area contributed by atoms with E-state index in [4.69, 9.17) is 4.74 Å². The molecule has 70 valence electrons. The first-order chi connectivity index (χ1) is 5.52. The van der Waals surface area contributed by atoms with Crippen LogP contribution in [0.2, 0.25) is 0 Å². The highest BCUT2D eigenvalue weighted by Gasteiger charge is 2.30. The molecule has 1 N–H and O–H groups in total. The van der Waals surface area contributed by atoms with E-state index in [1.54, 1.807) is 0 Å². The Labute approximate surface area is 73.5 Å². The maximum absolute atomic E-state index is 11.7. The molecular weight excluding hydrogens is 154 g/mol. The molecule has 0 bridgehead atoms. The van der Waals surface area contributed by atoms with Gasteiger partial charge in [-0.25, -0.2) is 0 Å². The molecular formula is C9H17NO2. The van der Waals surface area contributed by atoms with Gasteiger partial charge in [0.1, 0.15) is 0 Å². The minimum absolute atomic E-state index is 0.0984. The molecule has 0 aromatic carbocycles. The van der Waals surface area contributed by atoms with Crippen LogP contribution in [-0.2, 0) is 9.53 Å². The maximum atomic E-state index is 11.7. The zero-order valence-corrected chi connectivity index (χ0v) is 8.02. The van der Waals surface area contributed by atoms with Gasteiger partial charge in [-0.15, -0.1) is 0 Å². The molecule has 1 saturated heterocycles. The summed E-state index contributed by atoms with van der Waals surface area (Å²) in [7, 11) is 0. The Morgan fingerprint density at radius 3 is 2.58 bits per heavy atom. The summed E-state index contributed by atoms with van der Waals surface area (Å²) in [5, 5.41) is 3.15. The van der Waals surface area contributed by atoms with Gasteiger partial charge in [0.15, 0.2) is 5.78 Å². The van der Waals surface area contributed by atoms with E-state index in [1.807, 2.05) is 20.8 Å². The Kier molecular flexibility index (Phi) is 2.85. The van der Waals surface area contributed by atoms with Gasteiger partial charge in [0.2, 0.25) is 0 Å². The third-order valence-corrected chi connectivity index (χ3v) is 1.98. The molecule has 1 aliphatic heterocycles. The van der Waals surface area contributed by atoms with E-state index >= 15 is 0 Å². The minimum atomic E-state index is -0.266. The molecule has 0 aromatic heterocycles. The molecule has 0 unspecified atom stereocenters. The van der Waals surface area contributed by atoms with Gasteiger partial charge in [-0.1, -0.05) is 20.8 Å². The first-order valence-electron chi connectivity index (χ1n) is 4.37. The van der Waals surface area contributed by atoms with Gasteiger partial charge in [0, 0.05) is 12.0 Å². The number of carbonyl (C=O) groups excluding carboxylic acids is 1. The topological polar surface area (TPSA) is 38.3 Å². The van der Waals surface area contributed by atoms with Crippen LogP contribution in [0.4, 0.5) is 0 Å². The lowest BCUT2D eigenvalue weighted by Crippen LogP contribution is -2.50. The smallest absolute Gasteiger partial charge is 0.157 e. The summed E-state index contributed by atoms with van der Waals surface area (Å²) in [5.74, 6) is 0.238. The zero-order valence-electron chi connectivity index (χ0n) is 8.02. The molecule has 1 atom stereocenters. The summed E-state index contributed by atoms with van der Waals surface area (Å²) in [6.45, 7) is 7.83. The normalized spacial score (nSPS) is 25.4. The van der Waals surface area contributed by atoms with Crippen LogP contribution in [-0.4, -0.2) is 31.6 Å². The number of morpholine rings is 1. The summed E-state index contributed by atoms with van der Waals surface area (Å²) < 4.78 is 5.22. The van der Waals surface area contributed by atoms with E-state index in [-0.39, 0.29) is 17.2 Å². The van der Waals surface area contributed by atoms with E-state index in [0.717, 1.165) is 6.54 Å². The average Bonchev–Trinajstić information content (AvgIpc) is 2.03. The Hall–Kier alpha value is -0.410. The number of Topliss-reactive ketones (excluding diaryl/α,β-unsaturated/α-hetero) is 1. The number of rotatable bonds is 1. The van der Waals surface area contributed by atoms with Gasteiger partial charge >= 0.3 is 0 Å². The van der Waals surface area contributed by atoms with Crippen LogP contribution in [0.15, 0.2) is 0 Å². The predicted molar refractivity (Wildman–Crippen MR) is 47.1 cm³/mol. The molecule has 1 rings (SSSR count). The Bertz CT molecular complexity index is 166. The summed E-state index contributed by atoms with van der Waals surface area (Å²) in [6.07, 6.45) is 0. The molecule has 0 radical (unpaired) electrons. The Morgan fingerprint density at radius 2 is 2.17 bits per heavy atom. The van der Waals surface area contributed by atoms with E-state index in [9.17, 15) is 4.79 Å². The second-order valence-electron chi connectivity index (χ2n) is 4.20. The van der Waals surface area contributed by atoms with E-state index in [0.29, 0.717) is 13.2 Å². The van der Waals surface area contributed by atoms with Crippen LogP contribution < -0.4 is 5.32 Å². The quantitative estimate of drug-likeness (QED) is 0.627. The number of hydrogen-bond donors (Lipinski definition) is 1. The lowest BCUT2D eigenvalue weighted by Gasteiger charge is -2.28. The molecule has 0 spiro atoms. The van der Waals surface area contributed by atoms with Gasteiger partial charge in [-0.05, 0) is 0 Å². The van der Waals surface area contributed by atoms with Crippen molar-refractivity contribution >= 4 is 5.78 Å². The van der Waals surface area contributed by atoms with Crippen LogP contribution in [0.25, 0.3) is 0 Å². The largest absolute Gasteiger partial charge is 0.378 e. The molecule has 1 heterocycles. The monoisotopic (exact) mass is 171 g/mol. The van der Waals surface area contributed by atoms with Gasteiger partial charge in [0.25, 0.3) is 0 Å². The van der Waals surface area contributed by atoms with Crippen molar-refractivity contribution in [2.75, 3.05) is 19.8 Å². The van der Waals surface area contributed by atoms with Crippen LogP contribution in [0.1, 0.15) is 20.8 Å². The lowest BCUT2D eigenvalue weighted by molar-refractivity contribution is -0.131. The number of hydrogen-bond acceptors (Lipinski definition) is 3. The van der Waals surface area contributed by atoms with E-state index in [1.165, 1.54) is 0 Å². The van der Waals surface area contributed by atoms with Crippen molar-refractivity contribution in [3.63, 3.8) is 0 Å². The summed E-state index contributed by atoms with van der Waals surface area (Å²) in [5.41, 5.74) is -0.266. The highest BCUT2D eigenvalue weighted by Crippen LogP contribution is 2.17. The maximum Gasteiger partial charge on any atom is 0.157 e.